The molecule has 0 radical (unpaired) electrons. The largest absolute Gasteiger partial charge is 0.484 e. The third-order valence-electron chi connectivity index (χ3n) is 2.82. The van der Waals surface area contributed by atoms with E-state index in [1.54, 1.807) is 13.0 Å². The highest BCUT2D eigenvalue weighted by molar-refractivity contribution is 5.78. The number of aliphatic hydroxyl groups is 2. The van der Waals surface area contributed by atoms with E-state index >= 15 is 0 Å². The molecule has 0 fully saturated rings. The average molecular weight is 267 g/mol. The first kappa shape index (κ1) is 15.5. The van der Waals surface area contributed by atoms with E-state index in [0.717, 1.165) is 12.0 Å². The fourth-order valence-electron chi connectivity index (χ4n) is 1.51. The Bertz CT molecular complexity index is 416. The first-order valence-electron chi connectivity index (χ1n) is 6.27. The zero-order valence-corrected chi connectivity index (χ0v) is 11.3. The van der Waals surface area contributed by atoms with Crippen molar-refractivity contribution in [1.82, 2.24) is 5.32 Å². The average Bonchev–Trinajstić information content (AvgIpc) is 2.45. The molecule has 3 N–H and O–H groups in total. The number of aryl methyl sites for hydroxylation is 1. The summed E-state index contributed by atoms with van der Waals surface area (Å²) in [6.07, 6.45) is 0.899. The number of nitrogens with one attached hydrogen (secondary N) is 1. The van der Waals surface area contributed by atoms with Gasteiger partial charge in [-0.15, -0.1) is 0 Å². The number of hydrogen-bond acceptors (Lipinski definition) is 4. The minimum atomic E-state index is -1.02. The van der Waals surface area contributed by atoms with Crippen LogP contribution in [0.5, 0.6) is 5.75 Å². The maximum Gasteiger partial charge on any atom is 0.258 e. The van der Waals surface area contributed by atoms with Crippen LogP contribution in [0.25, 0.3) is 0 Å². The summed E-state index contributed by atoms with van der Waals surface area (Å²) < 4.78 is 5.37. The molecule has 0 aromatic heterocycles. The summed E-state index contributed by atoms with van der Waals surface area (Å²) in [5.41, 5.74) is 0.111. The van der Waals surface area contributed by atoms with Crippen LogP contribution in [0.4, 0.5) is 0 Å². The highest BCUT2D eigenvalue weighted by Gasteiger charge is 2.24. The molecule has 0 atom stereocenters. The lowest BCUT2D eigenvalue weighted by Gasteiger charge is -2.26. The van der Waals surface area contributed by atoms with E-state index in [9.17, 15) is 4.79 Å². The first-order valence-corrected chi connectivity index (χ1v) is 6.27. The van der Waals surface area contributed by atoms with Crippen molar-refractivity contribution >= 4 is 5.91 Å². The second kappa shape index (κ2) is 7.11. The maximum absolute atomic E-state index is 11.6. The first-order chi connectivity index (χ1) is 9.03. The van der Waals surface area contributed by atoms with Gasteiger partial charge in [0.1, 0.15) is 5.75 Å². The summed E-state index contributed by atoms with van der Waals surface area (Å²) in [7, 11) is 0. The zero-order chi connectivity index (χ0) is 14.3. The molecule has 1 aromatic carbocycles. The molecule has 5 heteroatoms. The standard InChI is InChI=1S/C14H21NO4/c1-3-11-5-4-6-12(7-11)19-8-13(18)15-14(2,9-16)10-17/h4-7,16-17H,3,8-10H2,1-2H3,(H,15,18). The van der Waals surface area contributed by atoms with Crippen LogP contribution < -0.4 is 10.1 Å². The number of ether oxygens (including phenoxy) is 1. The van der Waals surface area contributed by atoms with Gasteiger partial charge in [-0.3, -0.25) is 4.79 Å². The minimum Gasteiger partial charge on any atom is -0.484 e. The van der Waals surface area contributed by atoms with Crippen LogP contribution >= 0.6 is 0 Å². The summed E-state index contributed by atoms with van der Waals surface area (Å²) in [6.45, 7) is 2.78. The quantitative estimate of drug-likeness (QED) is 0.671. The van der Waals surface area contributed by atoms with Gasteiger partial charge < -0.3 is 20.3 Å². The number of hydrogen-bond donors (Lipinski definition) is 3. The van der Waals surface area contributed by atoms with Gasteiger partial charge in [-0.25, -0.2) is 0 Å². The Hall–Kier alpha value is -1.59. The molecular weight excluding hydrogens is 246 g/mol. The third kappa shape index (κ3) is 4.89. The number of amides is 1. The van der Waals surface area contributed by atoms with Crippen molar-refractivity contribution < 1.29 is 19.7 Å². The van der Waals surface area contributed by atoms with Gasteiger partial charge in [0.25, 0.3) is 5.91 Å². The van der Waals surface area contributed by atoms with Gasteiger partial charge >= 0.3 is 0 Å². The summed E-state index contributed by atoms with van der Waals surface area (Å²) >= 11 is 0. The summed E-state index contributed by atoms with van der Waals surface area (Å²) in [6, 6.07) is 7.52. The molecule has 106 valence electrons. The number of aliphatic hydroxyl groups excluding tert-OH is 2. The lowest BCUT2D eigenvalue weighted by atomic mass is 10.1. The lowest BCUT2D eigenvalue weighted by Crippen LogP contribution is -2.53. The Morgan fingerprint density at radius 2 is 2.05 bits per heavy atom. The van der Waals surface area contributed by atoms with Gasteiger partial charge in [0.2, 0.25) is 0 Å². The van der Waals surface area contributed by atoms with Crippen LogP contribution in [-0.4, -0.2) is 41.5 Å². The van der Waals surface area contributed by atoms with Crippen molar-refractivity contribution in [3.63, 3.8) is 0 Å². The molecule has 0 bridgehead atoms. The molecular formula is C14H21NO4. The molecule has 0 unspecified atom stereocenters. The van der Waals surface area contributed by atoms with Crippen LogP contribution in [0.15, 0.2) is 24.3 Å². The van der Waals surface area contributed by atoms with E-state index in [2.05, 4.69) is 5.32 Å². The SMILES string of the molecule is CCc1cccc(OCC(=O)NC(C)(CO)CO)c1. The number of carbonyl (C=O) groups excluding carboxylic acids is 1. The Kier molecular flexibility index (Phi) is 5.79. The van der Waals surface area contributed by atoms with Crippen molar-refractivity contribution in [2.24, 2.45) is 0 Å². The Morgan fingerprint density at radius 3 is 2.63 bits per heavy atom. The zero-order valence-electron chi connectivity index (χ0n) is 11.3. The predicted molar refractivity (Wildman–Crippen MR) is 72.0 cm³/mol. The fraction of sp³-hybridized carbons (Fsp3) is 0.500. The van der Waals surface area contributed by atoms with Crippen molar-refractivity contribution in [2.75, 3.05) is 19.8 Å². The Morgan fingerprint density at radius 1 is 1.37 bits per heavy atom. The molecule has 19 heavy (non-hydrogen) atoms. The Balaban J connectivity index is 2.50. The normalized spacial score (nSPS) is 11.2. The smallest absolute Gasteiger partial charge is 0.258 e. The van der Waals surface area contributed by atoms with Gasteiger partial charge in [-0.2, -0.15) is 0 Å². The predicted octanol–water partition coefficient (Wildman–Crippen LogP) is 0.487. The summed E-state index contributed by atoms with van der Waals surface area (Å²) in [5.74, 6) is 0.247. The topological polar surface area (TPSA) is 78.8 Å². The molecule has 5 nitrogen and oxygen atoms in total. The van der Waals surface area contributed by atoms with Gasteiger partial charge in [-0.1, -0.05) is 19.1 Å². The minimum absolute atomic E-state index is 0.150. The summed E-state index contributed by atoms with van der Waals surface area (Å²) in [4.78, 5) is 11.6. The van der Waals surface area contributed by atoms with Crippen LogP contribution in [0.1, 0.15) is 19.4 Å². The molecule has 0 heterocycles. The van der Waals surface area contributed by atoms with Crippen LogP contribution in [0.3, 0.4) is 0 Å². The maximum atomic E-state index is 11.6. The molecule has 1 amide bonds. The van der Waals surface area contributed by atoms with Crippen LogP contribution in [-0.2, 0) is 11.2 Å². The molecule has 0 spiro atoms. The number of benzene rings is 1. The Labute approximate surface area is 113 Å². The summed E-state index contributed by atoms with van der Waals surface area (Å²) in [5, 5.41) is 20.7. The van der Waals surface area contributed by atoms with Crippen LogP contribution in [0.2, 0.25) is 0 Å². The molecule has 1 aromatic rings. The van der Waals surface area contributed by atoms with E-state index in [-0.39, 0.29) is 25.7 Å². The fourth-order valence-corrected chi connectivity index (χ4v) is 1.51. The molecule has 0 saturated heterocycles. The highest BCUT2D eigenvalue weighted by atomic mass is 16.5. The lowest BCUT2D eigenvalue weighted by molar-refractivity contribution is -0.126. The second-order valence-corrected chi connectivity index (χ2v) is 4.71. The van der Waals surface area contributed by atoms with E-state index in [1.165, 1.54) is 0 Å². The van der Waals surface area contributed by atoms with Gasteiger partial charge in [-0.05, 0) is 31.0 Å². The van der Waals surface area contributed by atoms with E-state index in [0.29, 0.717) is 5.75 Å². The van der Waals surface area contributed by atoms with Crippen molar-refractivity contribution in [3.8, 4) is 5.75 Å². The number of carbonyl (C=O) groups is 1. The number of rotatable bonds is 7. The van der Waals surface area contributed by atoms with Crippen molar-refractivity contribution in [3.05, 3.63) is 29.8 Å². The molecule has 0 saturated carbocycles. The van der Waals surface area contributed by atoms with E-state index in [4.69, 9.17) is 14.9 Å². The molecule has 1 rings (SSSR count). The monoisotopic (exact) mass is 267 g/mol. The second-order valence-electron chi connectivity index (χ2n) is 4.71. The van der Waals surface area contributed by atoms with Gasteiger partial charge in [0, 0.05) is 0 Å². The van der Waals surface area contributed by atoms with Crippen molar-refractivity contribution in [1.29, 1.82) is 0 Å². The van der Waals surface area contributed by atoms with Gasteiger partial charge in [0.05, 0.1) is 18.8 Å². The third-order valence-corrected chi connectivity index (χ3v) is 2.82. The molecule has 0 aliphatic rings. The van der Waals surface area contributed by atoms with E-state index < -0.39 is 5.54 Å². The molecule has 0 aliphatic heterocycles. The van der Waals surface area contributed by atoms with Gasteiger partial charge in [0.15, 0.2) is 6.61 Å². The highest BCUT2D eigenvalue weighted by Crippen LogP contribution is 2.13. The van der Waals surface area contributed by atoms with E-state index in [1.807, 2.05) is 25.1 Å². The van der Waals surface area contributed by atoms with Crippen molar-refractivity contribution in [2.45, 2.75) is 25.8 Å². The van der Waals surface area contributed by atoms with Crippen LogP contribution in [0, 0.1) is 0 Å². The molecule has 0 aliphatic carbocycles.